The molecule has 3 aromatic rings. The molecular weight excluding hydrogens is 366 g/mol. The summed E-state index contributed by atoms with van der Waals surface area (Å²) in [6.45, 7) is 5.94. The van der Waals surface area contributed by atoms with Crippen molar-refractivity contribution in [2.75, 3.05) is 13.1 Å². The van der Waals surface area contributed by atoms with Crippen molar-refractivity contribution in [1.29, 1.82) is 0 Å². The van der Waals surface area contributed by atoms with Gasteiger partial charge in [0.05, 0.1) is 6.04 Å². The Balaban J connectivity index is 1.60. The summed E-state index contributed by atoms with van der Waals surface area (Å²) in [4.78, 5) is 4.72. The Hall–Kier alpha value is -2.52. The molecule has 1 atom stereocenters. The fourth-order valence-electron chi connectivity index (χ4n) is 3.56. The Bertz CT molecular complexity index is 1050. The molecule has 27 heavy (non-hydrogen) atoms. The first kappa shape index (κ1) is 17.9. The normalized spacial score (nSPS) is 18.3. The van der Waals surface area contributed by atoms with Crippen LogP contribution in [0.3, 0.4) is 0 Å². The van der Waals surface area contributed by atoms with Crippen LogP contribution in [0.5, 0.6) is 0 Å². The van der Waals surface area contributed by atoms with Crippen molar-refractivity contribution in [2.24, 2.45) is 0 Å². The Morgan fingerprint density at radius 1 is 1.15 bits per heavy atom. The zero-order chi connectivity index (χ0) is 19.2. The molecule has 1 saturated heterocycles. The average molecular weight is 387 g/mol. The van der Waals surface area contributed by atoms with Crippen molar-refractivity contribution in [3.05, 3.63) is 47.6 Å². The highest BCUT2D eigenvalue weighted by Crippen LogP contribution is 2.31. The van der Waals surface area contributed by atoms with E-state index >= 15 is 0 Å². The molecule has 4 rings (SSSR count). The molecule has 1 aromatic carbocycles. The van der Waals surface area contributed by atoms with E-state index in [2.05, 4.69) is 15.2 Å². The van der Waals surface area contributed by atoms with Crippen molar-refractivity contribution in [1.82, 2.24) is 24.2 Å². The van der Waals surface area contributed by atoms with Gasteiger partial charge in [-0.15, -0.1) is 0 Å². The first-order chi connectivity index (χ1) is 12.9. The quantitative estimate of drug-likeness (QED) is 0.683. The topological polar surface area (TPSA) is 94.1 Å². The van der Waals surface area contributed by atoms with Gasteiger partial charge in [0.1, 0.15) is 16.4 Å². The fourth-order valence-corrected chi connectivity index (χ4v) is 5.34. The summed E-state index contributed by atoms with van der Waals surface area (Å²) in [6, 6.07) is 9.70. The van der Waals surface area contributed by atoms with Crippen molar-refractivity contribution < 1.29 is 12.9 Å². The maximum Gasteiger partial charge on any atom is 0.248 e. The number of aromatic nitrogens is 4. The Labute approximate surface area is 157 Å². The molecule has 0 aliphatic carbocycles. The molecule has 3 heterocycles. The minimum atomic E-state index is -3.64. The van der Waals surface area contributed by atoms with E-state index in [0.717, 1.165) is 11.4 Å². The lowest BCUT2D eigenvalue weighted by molar-refractivity contribution is 0.389. The van der Waals surface area contributed by atoms with Gasteiger partial charge in [-0.3, -0.25) is 0 Å². The summed E-state index contributed by atoms with van der Waals surface area (Å²) in [6.07, 6.45) is 0.682. The van der Waals surface area contributed by atoms with Gasteiger partial charge in [-0.1, -0.05) is 35.5 Å². The smallest absolute Gasteiger partial charge is 0.248 e. The van der Waals surface area contributed by atoms with Crippen LogP contribution in [-0.2, 0) is 10.0 Å². The third kappa shape index (κ3) is 3.06. The van der Waals surface area contributed by atoms with Crippen LogP contribution in [0.25, 0.3) is 11.4 Å². The molecule has 0 saturated carbocycles. The number of nitrogens with zero attached hydrogens (tertiary/aromatic N) is 5. The van der Waals surface area contributed by atoms with Gasteiger partial charge in [-0.25, -0.2) is 18.1 Å². The fraction of sp³-hybridized carbons (Fsp3) is 0.389. The van der Waals surface area contributed by atoms with E-state index < -0.39 is 10.0 Å². The minimum Gasteiger partial charge on any atom is -0.360 e. The predicted octanol–water partition coefficient (Wildman–Crippen LogP) is 2.49. The third-order valence-corrected chi connectivity index (χ3v) is 6.98. The van der Waals surface area contributed by atoms with Crippen LogP contribution < -0.4 is 0 Å². The lowest BCUT2D eigenvalue weighted by atomic mass is 10.2. The van der Waals surface area contributed by atoms with Crippen LogP contribution in [0, 0.1) is 20.8 Å². The summed E-state index contributed by atoms with van der Waals surface area (Å²) in [5.41, 5.74) is 1.33. The van der Waals surface area contributed by atoms with E-state index in [-0.39, 0.29) is 10.9 Å². The monoisotopic (exact) mass is 387 g/mol. The standard InChI is InChI=1S/C18H21N5O3S/c1-12-17(13(2)26-21-12)27(24,25)22-10-9-16(11-22)23-14(3)19-18(20-23)15-7-5-4-6-8-15/h4-8,16H,9-11H2,1-3H3. The number of benzene rings is 1. The van der Waals surface area contributed by atoms with E-state index in [9.17, 15) is 8.42 Å². The molecule has 0 bridgehead atoms. The SMILES string of the molecule is Cc1noc(C)c1S(=O)(=O)N1CCC(n2nc(-c3ccccc3)nc2C)C1. The highest BCUT2D eigenvalue weighted by atomic mass is 32.2. The van der Waals surface area contributed by atoms with Gasteiger partial charge < -0.3 is 4.52 Å². The summed E-state index contributed by atoms with van der Waals surface area (Å²) in [7, 11) is -3.64. The van der Waals surface area contributed by atoms with Gasteiger partial charge in [-0.2, -0.15) is 9.40 Å². The Morgan fingerprint density at radius 3 is 2.56 bits per heavy atom. The first-order valence-electron chi connectivity index (χ1n) is 8.79. The third-order valence-electron chi connectivity index (χ3n) is 4.87. The molecule has 1 aliphatic rings. The van der Waals surface area contributed by atoms with Crippen molar-refractivity contribution >= 4 is 10.0 Å². The molecule has 142 valence electrons. The molecular formula is C18H21N5O3S. The van der Waals surface area contributed by atoms with Crippen LogP contribution in [0.4, 0.5) is 0 Å². The van der Waals surface area contributed by atoms with Gasteiger partial charge in [0.15, 0.2) is 11.6 Å². The lowest BCUT2D eigenvalue weighted by Crippen LogP contribution is -2.30. The van der Waals surface area contributed by atoms with E-state index in [4.69, 9.17) is 4.52 Å². The van der Waals surface area contributed by atoms with E-state index in [1.54, 1.807) is 13.8 Å². The Morgan fingerprint density at radius 2 is 1.89 bits per heavy atom. The molecule has 1 fully saturated rings. The van der Waals surface area contributed by atoms with Crippen LogP contribution in [0.15, 0.2) is 39.8 Å². The second-order valence-corrected chi connectivity index (χ2v) is 8.63. The lowest BCUT2D eigenvalue weighted by Gasteiger charge is -2.16. The van der Waals surface area contributed by atoms with Crippen LogP contribution in [0.2, 0.25) is 0 Å². The largest absolute Gasteiger partial charge is 0.360 e. The average Bonchev–Trinajstić information content (AvgIpc) is 3.35. The van der Waals surface area contributed by atoms with Gasteiger partial charge in [0.25, 0.3) is 0 Å². The number of rotatable bonds is 4. The maximum absolute atomic E-state index is 13.0. The molecule has 9 heteroatoms. The van der Waals surface area contributed by atoms with E-state index in [0.29, 0.717) is 36.8 Å². The first-order valence-corrected chi connectivity index (χ1v) is 10.2. The molecule has 8 nitrogen and oxygen atoms in total. The second-order valence-electron chi connectivity index (χ2n) is 6.75. The number of aryl methyl sites for hydroxylation is 3. The van der Waals surface area contributed by atoms with Crippen molar-refractivity contribution in [2.45, 2.75) is 38.1 Å². The van der Waals surface area contributed by atoms with E-state index in [1.165, 1.54) is 4.31 Å². The van der Waals surface area contributed by atoms with E-state index in [1.807, 2.05) is 41.9 Å². The van der Waals surface area contributed by atoms with Gasteiger partial charge in [-0.05, 0) is 27.2 Å². The predicted molar refractivity (Wildman–Crippen MR) is 98.6 cm³/mol. The summed E-state index contributed by atoms with van der Waals surface area (Å²) < 4.78 is 34.4. The van der Waals surface area contributed by atoms with Gasteiger partial charge in [0.2, 0.25) is 10.0 Å². The summed E-state index contributed by atoms with van der Waals surface area (Å²) in [5, 5.41) is 8.40. The molecule has 0 spiro atoms. The molecule has 1 aliphatic heterocycles. The van der Waals surface area contributed by atoms with Crippen LogP contribution in [0.1, 0.15) is 29.7 Å². The number of hydrogen-bond donors (Lipinski definition) is 0. The Kier molecular flexibility index (Phi) is 4.35. The highest BCUT2D eigenvalue weighted by molar-refractivity contribution is 7.89. The zero-order valence-electron chi connectivity index (χ0n) is 15.5. The molecule has 0 radical (unpaired) electrons. The van der Waals surface area contributed by atoms with Gasteiger partial charge >= 0.3 is 0 Å². The van der Waals surface area contributed by atoms with Gasteiger partial charge in [0, 0.05) is 18.7 Å². The number of sulfonamides is 1. The second kappa shape index (κ2) is 6.58. The van der Waals surface area contributed by atoms with Crippen LogP contribution in [-0.4, -0.2) is 45.7 Å². The van der Waals surface area contributed by atoms with Crippen molar-refractivity contribution in [3.63, 3.8) is 0 Å². The highest BCUT2D eigenvalue weighted by Gasteiger charge is 2.37. The molecule has 2 aromatic heterocycles. The van der Waals surface area contributed by atoms with Crippen molar-refractivity contribution in [3.8, 4) is 11.4 Å². The summed E-state index contributed by atoms with van der Waals surface area (Å²) in [5.74, 6) is 1.75. The minimum absolute atomic E-state index is 0.0507. The summed E-state index contributed by atoms with van der Waals surface area (Å²) >= 11 is 0. The molecule has 1 unspecified atom stereocenters. The molecule has 0 N–H and O–H groups in total. The number of hydrogen-bond acceptors (Lipinski definition) is 6. The zero-order valence-corrected chi connectivity index (χ0v) is 16.3. The molecule has 0 amide bonds. The van der Waals surface area contributed by atoms with Crippen LogP contribution >= 0.6 is 0 Å². The maximum atomic E-state index is 13.0.